The van der Waals surface area contributed by atoms with Gasteiger partial charge in [-0.1, -0.05) is 137 Å². The standard InChI is InChI=1S/C48H76N10O7Si2/c1-37(2)43(51-47(61)63-35-39-23-15-13-16-24-39)45(59)49-31-41-33-57(55-53-41)27-19-9-11-21-29-66(5,6)65-67(7,8)30-22-12-10-20-28-58-34-42(54-56-58)32-50-46(60)44(38(3)4)52-48(62)64-36-40-25-17-14-18-26-40/h13-18,23-26,33-34,37-38,43-44H,9-12,19-22,27-32,35-36H2,1-8H3,(H,49,59)(H,50,60)(H,51,61)(H,52,62)/t43-,44-/m0/s1. The molecule has 4 amide bonds. The highest BCUT2D eigenvalue weighted by molar-refractivity contribution is 6.84. The van der Waals surface area contributed by atoms with Crippen molar-refractivity contribution in [1.82, 2.24) is 51.3 Å². The number of aromatic nitrogens is 6. The number of hydrogen-bond donors (Lipinski definition) is 4. The molecular formula is C48H76N10O7Si2. The van der Waals surface area contributed by atoms with Gasteiger partial charge in [0, 0.05) is 13.1 Å². The van der Waals surface area contributed by atoms with Crippen LogP contribution in [-0.2, 0) is 62.6 Å². The van der Waals surface area contributed by atoms with Gasteiger partial charge < -0.3 is 34.9 Å². The van der Waals surface area contributed by atoms with Crippen molar-refractivity contribution in [3.63, 3.8) is 0 Å². The van der Waals surface area contributed by atoms with Crippen LogP contribution in [0.5, 0.6) is 0 Å². The van der Waals surface area contributed by atoms with Gasteiger partial charge in [-0.3, -0.25) is 19.0 Å². The maximum absolute atomic E-state index is 13.0. The number of alkyl carbamates (subject to hydrolysis) is 2. The minimum atomic E-state index is -1.79. The van der Waals surface area contributed by atoms with E-state index in [0.29, 0.717) is 11.4 Å². The lowest BCUT2D eigenvalue weighted by Crippen LogP contribution is -2.49. The topological polar surface area (TPSA) is 206 Å². The molecule has 368 valence electrons. The van der Waals surface area contributed by atoms with Crippen LogP contribution < -0.4 is 21.3 Å². The molecule has 0 aliphatic heterocycles. The second kappa shape index (κ2) is 28.0. The first kappa shape index (κ1) is 54.2. The van der Waals surface area contributed by atoms with Crippen LogP contribution in [0.3, 0.4) is 0 Å². The normalized spacial score (nSPS) is 12.7. The first-order valence-corrected chi connectivity index (χ1v) is 30.2. The van der Waals surface area contributed by atoms with Crippen LogP contribution in [0.2, 0.25) is 38.3 Å². The number of ether oxygens (including phenoxy) is 2. The summed E-state index contributed by atoms with van der Waals surface area (Å²) in [7, 11) is -3.57. The molecule has 0 aliphatic rings. The predicted octanol–water partition coefficient (Wildman–Crippen LogP) is 8.25. The van der Waals surface area contributed by atoms with E-state index in [1.165, 1.54) is 0 Å². The van der Waals surface area contributed by atoms with Gasteiger partial charge in [-0.15, -0.1) is 10.2 Å². The van der Waals surface area contributed by atoms with Crippen LogP contribution in [0.15, 0.2) is 73.1 Å². The van der Waals surface area contributed by atoms with Crippen molar-refractivity contribution in [1.29, 1.82) is 0 Å². The third-order valence-corrected chi connectivity index (χ3v) is 18.9. The molecule has 19 heteroatoms. The highest BCUT2D eigenvalue weighted by Crippen LogP contribution is 2.26. The Morgan fingerprint density at radius 2 is 0.925 bits per heavy atom. The third kappa shape index (κ3) is 21.4. The Morgan fingerprint density at radius 1 is 0.552 bits per heavy atom. The minimum absolute atomic E-state index is 0.128. The van der Waals surface area contributed by atoms with Gasteiger partial charge in [-0.2, -0.15) is 0 Å². The lowest BCUT2D eigenvalue weighted by atomic mass is 10.0. The van der Waals surface area contributed by atoms with E-state index in [2.05, 4.69) is 68.1 Å². The molecule has 4 N–H and O–H groups in total. The average Bonchev–Trinajstić information content (AvgIpc) is 3.96. The number of nitrogens with zero attached hydrogens (tertiary/aromatic N) is 6. The molecule has 0 fully saturated rings. The maximum atomic E-state index is 13.0. The molecule has 2 heterocycles. The van der Waals surface area contributed by atoms with Crippen molar-refractivity contribution < 1.29 is 32.8 Å². The second-order valence-electron chi connectivity index (χ2n) is 19.2. The zero-order valence-corrected chi connectivity index (χ0v) is 43.1. The van der Waals surface area contributed by atoms with Crippen LogP contribution in [0.4, 0.5) is 9.59 Å². The number of nitrogens with one attached hydrogen (secondary N) is 4. The third-order valence-electron chi connectivity index (χ3n) is 11.3. The first-order chi connectivity index (χ1) is 32.0. The molecule has 2 atom stereocenters. The van der Waals surface area contributed by atoms with Crippen molar-refractivity contribution in [2.24, 2.45) is 11.8 Å². The number of rotatable bonds is 30. The number of hydrogen-bond acceptors (Lipinski definition) is 11. The summed E-state index contributed by atoms with van der Waals surface area (Å²) in [6, 6.07) is 19.6. The van der Waals surface area contributed by atoms with E-state index in [0.717, 1.165) is 87.7 Å². The Hall–Kier alpha value is -5.41. The van der Waals surface area contributed by atoms with E-state index in [1.54, 1.807) is 0 Å². The van der Waals surface area contributed by atoms with E-state index in [4.69, 9.17) is 13.6 Å². The number of amides is 4. The summed E-state index contributed by atoms with van der Waals surface area (Å²) in [4.78, 5) is 50.7. The van der Waals surface area contributed by atoms with Crippen molar-refractivity contribution in [2.75, 3.05) is 0 Å². The van der Waals surface area contributed by atoms with Crippen LogP contribution >= 0.6 is 0 Å². The zero-order valence-electron chi connectivity index (χ0n) is 41.1. The van der Waals surface area contributed by atoms with Gasteiger partial charge in [-0.05, 0) is 74.1 Å². The Bertz CT molecular complexity index is 1940. The molecule has 0 unspecified atom stereocenters. The van der Waals surface area contributed by atoms with Gasteiger partial charge in [0.15, 0.2) is 16.6 Å². The largest absolute Gasteiger partial charge is 0.455 e. The average molecular weight is 961 g/mol. The predicted molar refractivity (Wildman–Crippen MR) is 263 cm³/mol. The summed E-state index contributed by atoms with van der Waals surface area (Å²) >= 11 is 0. The lowest BCUT2D eigenvalue weighted by molar-refractivity contribution is -0.125. The van der Waals surface area contributed by atoms with Gasteiger partial charge in [0.1, 0.15) is 36.7 Å². The molecule has 2 aromatic carbocycles. The van der Waals surface area contributed by atoms with Crippen molar-refractivity contribution >= 4 is 40.6 Å². The molecule has 0 saturated carbocycles. The SMILES string of the molecule is CC(C)[C@H](NC(=O)OCc1ccccc1)C(=O)NCc1cn(CCCCCC[Si](C)(C)O[Si](C)(C)CCCCCCn2cc(CNC(=O)[C@@H](NC(=O)OCc3ccccc3)C(C)C)nn2)nn1. The molecule has 0 spiro atoms. The fourth-order valence-electron chi connectivity index (χ4n) is 7.69. The Balaban J connectivity index is 1.02. The molecule has 17 nitrogen and oxygen atoms in total. The monoisotopic (exact) mass is 961 g/mol. The maximum Gasteiger partial charge on any atom is 0.408 e. The van der Waals surface area contributed by atoms with E-state index < -0.39 is 40.9 Å². The summed E-state index contributed by atoms with van der Waals surface area (Å²) in [5, 5.41) is 28.1. The molecule has 0 aliphatic carbocycles. The van der Waals surface area contributed by atoms with Gasteiger partial charge in [-0.25, -0.2) is 9.59 Å². The van der Waals surface area contributed by atoms with Gasteiger partial charge in [0.25, 0.3) is 0 Å². The summed E-state index contributed by atoms with van der Waals surface area (Å²) in [6.07, 6.45) is 11.2. The minimum Gasteiger partial charge on any atom is -0.455 e. The molecule has 2 aromatic heterocycles. The van der Waals surface area contributed by atoms with E-state index in [1.807, 2.05) is 110 Å². The zero-order chi connectivity index (χ0) is 48.7. The summed E-state index contributed by atoms with van der Waals surface area (Å²) in [5.41, 5.74) is 3.06. The van der Waals surface area contributed by atoms with Crippen molar-refractivity contribution in [3.8, 4) is 0 Å². The molecule has 67 heavy (non-hydrogen) atoms. The van der Waals surface area contributed by atoms with Gasteiger partial charge >= 0.3 is 12.2 Å². The van der Waals surface area contributed by atoms with E-state index >= 15 is 0 Å². The molecule has 4 rings (SSSR count). The number of benzene rings is 2. The van der Waals surface area contributed by atoms with E-state index in [-0.39, 0.29) is 50.0 Å². The summed E-state index contributed by atoms with van der Waals surface area (Å²) in [6.45, 7) is 19.1. The van der Waals surface area contributed by atoms with Gasteiger partial charge in [0.05, 0.1) is 25.5 Å². The highest BCUT2D eigenvalue weighted by atomic mass is 28.4. The fourth-order valence-corrected chi connectivity index (χ4v) is 16.7. The van der Waals surface area contributed by atoms with Crippen molar-refractivity contribution in [3.05, 3.63) is 95.6 Å². The Kier molecular flexibility index (Phi) is 22.7. The van der Waals surface area contributed by atoms with Crippen LogP contribution in [-0.4, -0.2) is 82.7 Å². The Morgan fingerprint density at radius 3 is 1.30 bits per heavy atom. The smallest absolute Gasteiger partial charge is 0.408 e. The molecular weight excluding hydrogens is 885 g/mol. The van der Waals surface area contributed by atoms with Crippen molar-refractivity contribution in [2.45, 2.75) is 169 Å². The molecule has 0 saturated heterocycles. The molecule has 4 aromatic rings. The van der Waals surface area contributed by atoms with E-state index in [9.17, 15) is 19.2 Å². The van der Waals surface area contributed by atoms with Crippen LogP contribution in [0.25, 0.3) is 0 Å². The Labute approximate surface area is 399 Å². The van der Waals surface area contributed by atoms with Crippen LogP contribution in [0, 0.1) is 11.8 Å². The fraction of sp³-hybridized carbons (Fsp3) is 0.583. The first-order valence-electron chi connectivity index (χ1n) is 24.0. The molecule has 0 bridgehead atoms. The highest BCUT2D eigenvalue weighted by Gasteiger charge is 2.32. The summed E-state index contributed by atoms with van der Waals surface area (Å²) in [5.74, 6) is -0.873. The lowest BCUT2D eigenvalue weighted by Gasteiger charge is -2.34. The quantitative estimate of drug-likeness (QED) is 0.0289. The number of unbranched alkanes of at least 4 members (excludes halogenated alkanes) is 6. The van der Waals surface area contributed by atoms with Crippen LogP contribution in [0.1, 0.15) is 102 Å². The van der Waals surface area contributed by atoms with Gasteiger partial charge in [0.2, 0.25) is 11.8 Å². The summed E-state index contributed by atoms with van der Waals surface area (Å²) < 4.78 is 21.2. The molecule has 0 radical (unpaired) electrons. The number of carbonyl (C=O) groups excluding carboxylic acids is 4. The second-order valence-corrected chi connectivity index (χ2v) is 28.0. The number of aryl methyl sites for hydroxylation is 2. The number of carbonyl (C=O) groups is 4.